The molecule has 1 atom stereocenters. The van der Waals surface area contributed by atoms with E-state index in [0.29, 0.717) is 12.0 Å². The molecule has 1 aliphatic carbocycles. The molecule has 1 nitrogen and oxygen atoms in total. The van der Waals surface area contributed by atoms with Crippen LogP contribution >= 0.6 is 0 Å². The van der Waals surface area contributed by atoms with Gasteiger partial charge < -0.3 is 5.32 Å². The fraction of sp³-hybridized carbons (Fsp3) is 0.333. The van der Waals surface area contributed by atoms with Crippen LogP contribution in [-0.4, -0.2) is 6.04 Å². The van der Waals surface area contributed by atoms with Gasteiger partial charge in [-0.15, -0.1) is 0 Å². The van der Waals surface area contributed by atoms with Crippen LogP contribution in [0.15, 0.2) is 54.1 Å². The predicted molar refractivity (Wildman–Crippen MR) is 93.8 cm³/mol. The molecule has 2 heteroatoms. The lowest BCUT2D eigenvalue weighted by Crippen LogP contribution is -2.32. The Hall–Kier alpha value is -2.09. The average molecular weight is 307 g/mol. The SMILES string of the molecule is CC(C)C1=C(c2ccc(F)cc2)c2ccccc2NC1C1CC1. The van der Waals surface area contributed by atoms with Gasteiger partial charge in [-0.05, 0) is 59.6 Å². The van der Waals surface area contributed by atoms with E-state index >= 15 is 0 Å². The molecule has 118 valence electrons. The Kier molecular flexibility index (Phi) is 3.48. The van der Waals surface area contributed by atoms with Crippen molar-refractivity contribution in [3.63, 3.8) is 0 Å². The second-order valence-corrected chi connectivity index (χ2v) is 7.00. The van der Waals surface area contributed by atoms with E-state index in [1.807, 2.05) is 12.1 Å². The van der Waals surface area contributed by atoms with Crippen molar-refractivity contribution in [2.45, 2.75) is 32.7 Å². The standard InChI is InChI=1S/C21H22FN/c1-13(2)19-20(14-9-11-16(22)12-10-14)17-5-3-4-6-18(17)23-21(19)15-7-8-15/h3-6,9-13,15,21,23H,7-8H2,1-2H3. The van der Waals surface area contributed by atoms with E-state index in [4.69, 9.17) is 0 Å². The first kappa shape index (κ1) is 14.5. The molecule has 0 aromatic heterocycles. The molecule has 1 fully saturated rings. The predicted octanol–water partition coefficient (Wildman–Crippen LogP) is 5.49. The highest BCUT2D eigenvalue weighted by atomic mass is 19.1. The van der Waals surface area contributed by atoms with Gasteiger partial charge in [0.25, 0.3) is 0 Å². The number of fused-ring (bicyclic) bond motifs is 1. The third-order valence-corrected chi connectivity index (χ3v) is 4.98. The van der Waals surface area contributed by atoms with Gasteiger partial charge in [-0.25, -0.2) is 4.39 Å². The molecule has 2 aromatic rings. The fourth-order valence-electron chi connectivity index (χ4n) is 3.77. The van der Waals surface area contributed by atoms with Crippen LogP contribution in [0.3, 0.4) is 0 Å². The fourth-order valence-corrected chi connectivity index (χ4v) is 3.77. The van der Waals surface area contributed by atoms with E-state index < -0.39 is 0 Å². The number of hydrogen-bond donors (Lipinski definition) is 1. The lowest BCUT2D eigenvalue weighted by atomic mass is 9.79. The summed E-state index contributed by atoms with van der Waals surface area (Å²) in [6, 6.07) is 15.9. The van der Waals surface area contributed by atoms with E-state index in [-0.39, 0.29) is 5.82 Å². The molecule has 0 amide bonds. The Morgan fingerprint density at radius 1 is 1.00 bits per heavy atom. The van der Waals surface area contributed by atoms with Crippen LogP contribution < -0.4 is 5.32 Å². The summed E-state index contributed by atoms with van der Waals surface area (Å²) in [5.74, 6) is 1.01. The lowest BCUT2D eigenvalue weighted by Gasteiger charge is -2.35. The Morgan fingerprint density at radius 2 is 1.70 bits per heavy atom. The zero-order valence-corrected chi connectivity index (χ0v) is 13.6. The number of nitrogens with one attached hydrogen (secondary N) is 1. The summed E-state index contributed by atoms with van der Waals surface area (Å²) in [4.78, 5) is 0. The van der Waals surface area contributed by atoms with E-state index in [2.05, 4.69) is 43.4 Å². The van der Waals surface area contributed by atoms with Crippen LogP contribution in [0.25, 0.3) is 5.57 Å². The van der Waals surface area contributed by atoms with Crippen LogP contribution in [0.2, 0.25) is 0 Å². The normalized spacial score (nSPS) is 20.4. The van der Waals surface area contributed by atoms with E-state index in [0.717, 1.165) is 11.5 Å². The van der Waals surface area contributed by atoms with Crippen LogP contribution in [0.4, 0.5) is 10.1 Å². The highest BCUT2D eigenvalue weighted by Crippen LogP contribution is 2.47. The lowest BCUT2D eigenvalue weighted by molar-refractivity contribution is 0.617. The molecule has 0 saturated heterocycles. The first-order valence-electron chi connectivity index (χ1n) is 8.51. The maximum absolute atomic E-state index is 13.4. The van der Waals surface area contributed by atoms with Crippen molar-refractivity contribution in [1.82, 2.24) is 0 Å². The molecule has 1 aliphatic heterocycles. The molecule has 1 saturated carbocycles. The van der Waals surface area contributed by atoms with Crippen molar-refractivity contribution >= 4 is 11.3 Å². The van der Waals surface area contributed by atoms with Gasteiger partial charge in [0.2, 0.25) is 0 Å². The van der Waals surface area contributed by atoms with Gasteiger partial charge in [0.15, 0.2) is 0 Å². The van der Waals surface area contributed by atoms with Crippen molar-refractivity contribution in [2.24, 2.45) is 11.8 Å². The van der Waals surface area contributed by atoms with Crippen molar-refractivity contribution in [2.75, 3.05) is 5.32 Å². The largest absolute Gasteiger partial charge is 0.378 e. The number of hydrogen-bond acceptors (Lipinski definition) is 1. The minimum absolute atomic E-state index is 0.179. The van der Waals surface area contributed by atoms with E-state index in [1.165, 1.54) is 35.2 Å². The number of rotatable bonds is 3. The maximum Gasteiger partial charge on any atom is 0.123 e. The maximum atomic E-state index is 13.4. The molecular weight excluding hydrogens is 285 g/mol. The van der Waals surface area contributed by atoms with Crippen LogP contribution in [0.1, 0.15) is 37.8 Å². The smallest absolute Gasteiger partial charge is 0.123 e. The Balaban J connectivity index is 1.96. The molecule has 2 aromatic carbocycles. The first-order valence-corrected chi connectivity index (χ1v) is 8.51. The highest BCUT2D eigenvalue weighted by Gasteiger charge is 2.39. The van der Waals surface area contributed by atoms with Gasteiger partial charge in [0.1, 0.15) is 5.82 Å². The summed E-state index contributed by atoms with van der Waals surface area (Å²) in [6.07, 6.45) is 2.60. The highest BCUT2D eigenvalue weighted by molar-refractivity contribution is 5.91. The molecule has 4 rings (SSSR count). The van der Waals surface area contributed by atoms with Gasteiger partial charge in [0, 0.05) is 11.3 Å². The van der Waals surface area contributed by atoms with Crippen molar-refractivity contribution in [3.05, 3.63) is 71.0 Å². The molecule has 1 heterocycles. The van der Waals surface area contributed by atoms with Crippen molar-refractivity contribution in [1.29, 1.82) is 0 Å². The van der Waals surface area contributed by atoms with Gasteiger partial charge in [-0.2, -0.15) is 0 Å². The van der Waals surface area contributed by atoms with E-state index in [9.17, 15) is 4.39 Å². The minimum atomic E-state index is -0.179. The molecular formula is C21H22FN. The second-order valence-electron chi connectivity index (χ2n) is 7.00. The zero-order chi connectivity index (χ0) is 16.0. The Labute approximate surface area is 137 Å². The number of benzene rings is 2. The first-order chi connectivity index (χ1) is 11.1. The summed E-state index contributed by atoms with van der Waals surface area (Å²) < 4.78 is 13.4. The van der Waals surface area contributed by atoms with Crippen molar-refractivity contribution < 1.29 is 4.39 Å². The van der Waals surface area contributed by atoms with Gasteiger partial charge in [-0.3, -0.25) is 0 Å². The summed E-state index contributed by atoms with van der Waals surface area (Å²) in [5, 5.41) is 3.77. The number of para-hydroxylation sites is 1. The molecule has 23 heavy (non-hydrogen) atoms. The third kappa shape index (κ3) is 2.56. The third-order valence-electron chi connectivity index (χ3n) is 4.98. The Bertz CT molecular complexity index is 754. The molecule has 1 N–H and O–H groups in total. The summed E-state index contributed by atoms with van der Waals surface area (Å²) in [6.45, 7) is 4.54. The van der Waals surface area contributed by atoms with Crippen molar-refractivity contribution in [3.8, 4) is 0 Å². The van der Waals surface area contributed by atoms with E-state index in [1.54, 1.807) is 12.1 Å². The quantitative estimate of drug-likeness (QED) is 0.791. The Morgan fingerprint density at radius 3 is 2.35 bits per heavy atom. The molecule has 1 unspecified atom stereocenters. The minimum Gasteiger partial charge on any atom is -0.378 e. The van der Waals surface area contributed by atoms with Gasteiger partial charge in [0.05, 0.1) is 6.04 Å². The van der Waals surface area contributed by atoms with Crippen LogP contribution in [-0.2, 0) is 0 Å². The van der Waals surface area contributed by atoms with Gasteiger partial charge >= 0.3 is 0 Å². The van der Waals surface area contributed by atoms with Gasteiger partial charge in [-0.1, -0.05) is 44.2 Å². The summed E-state index contributed by atoms with van der Waals surface area (Å²) in [7, 11) is 0. The molecule has 0 radical (unpaired) electrons. The van der Waals surface area contributed by atoms with Crippen LogP contribution in [0.5, 0.6) is 0 Å². The summed E-state index contributed by atoms with van der Waals surface area (Å²) >= 11 is 0. The molecule has 0 spiro atoms. The molecule has 0 bridgehead atoms. The zero-order valence-electron chi connectivity index (χ0n) is 13.6. The van der Waals surface area contributed by atoms with Crippen LogP contribution in [0, 0.1) is 17.7 Å². The number of halogens is 1. The average Bonchev–Trinajstić information content (AvgIpc) is 3.38. The topological polar surface area (TPSA) is 12.0 Å². The number of anilines is 1. The summed E-state index contributed by atoms with van der Waals surface area (Å²) in [5.41, 5.74) is 6.33. The molecule has 2 aliphatic rings. The monoisotopic (exact) mass is 307 g/mol. The second kappa shape index (κ2) is 5.52.